The molecule has 0 bridgehead atoms. The molecule has 2 aliphatic rings. The standard InChI is InChI=1S/C22H25NOS/c1-22-13-12-21(24)23(2)20(22)11-9-17-14-16(8-10-19(17)22)15-25-18-6-4-3-5-7-18/h3-8,10,14,20H,9,11-13,15H2,1-2H3/t20?,22-/m1/s1. The van der Waals surface area contributed by atoms with Crippen LogP contribution in [0.5, 0.6) is 0 Å². The average molecular weight is 352 g/mol. The fourth-order valence-electron chi connectivity index (χ4n) is 4.61. The number of piperidine rings is 1. The highest BCUT2D eigenvalue weighted by molar-refractivity contribution is 7.98. The van der Waals surface area contributed by atoms with Gasteiger partial charge in [-0.1, -0.05) is 43.3 Å². The average Bonchev–Trinajstić information content (AvgIpc) is 2.64. The van der Waals surface area contributed by atoms with Crippen LogP contribution in [-0.2, 0) is 22.4 Å². The number of aryl methyl sites for hydroxylation is 1. The van der Waals surface area contributed by atoms with Crippen LogP contribution in [0.3, 0.4) is 0 Å². The van der Waals surface area contributed by atoms with Crippen molar-refractivity contribution < 1.29 is 4.79 Å². The number of amides is 1. The molecule has 3 heteroatoms. The number of fused-ring (bicyclic) bond motifs is 3. The fraction of sp³-hybridized carbons (Fsp3) is 0.409. The second-order valence-electron chi connectivity index (χ2n) is 7.57. The van der Waals surface area contributed by atoms with Crippen molar-refractivity contribution in [3.63, 3.8) is 0 Å². The first-order chi connectivity index (χ1) is 12.1. The Kier molecular flexibility index (Phi) is 4.36. The summed E-state index contributed by atoms with van der Waals surface area (Å²) in [6.45, 7) is 2.36. The first-order valence-electron chi connectivity index (χ1n) is 9.14. The summed E-state index contributed by atoms with van der Waals surface area (Å²) in [5.74, 6) is 1.32. The van der Waals surface area contributed by atoms with Crippen molar-refractivity contribution in [3.8, 4) is 0 Å². The molecule has 1 aliphatic carbocycles. The van der Waals surface area contributed by atoms with Crippen molar-refractivity contribution >= 4 is 17.7 Å². The van der Waals surface area contributed by atoms with Crippen molar-refractivity contribution in [2.45, 2.75) is 54.7 Å². The molecule has 4 rings (SSSR count). The normalized spacial score (nSPS) is 25.4. The summed E-state index contributed by atoms with van der Waals surface area (Å²) in [7, 11) is 1.99. The van der Waals surface area contributed by atoms with Crippen molar-refractivity contribution in [2.75, 3.05) is 7.05 Å². The lowest BCUT2D eigenvalue weighted by molar-refractivity contribution is -0.138. The Labute approximate surface area is 154 Å². The third kappa shape index (κ3) is 2.99. The quantitative estimate of drug-likeness (QED) is 0.740. The molecule has 1 unspecified atom stereocenters. The molecule has 0 saturated carbocycles. The number of carbonyl (C=O) groups is 1. The Morgan fingerprint density at radius 2 is 1.96 bits per heavy atom. The monoisotopic (exact) mass is 351 g/mol. The molecule has 2 aromatic carbocycles. The van der Waals surface area contributed by atoms with E-state index in [0.717, 1.165) is 25.0 Å². The Bertz CT molecular complexity index is 788. The number of nitrogens with zero attached hydrogens (tertiary/aromatic N) is 1. The van der Waals surface area contributed by atoms with E-state index in [1.165, 1.54) is 21.6 Å². The second-order valence-corrected chi connectivity index (χ2v) is 8.62. The number of hydrogen-bond acceptors (Lipinski definition) is 2. The van der Waals surface area contributed by atoms with Gasteiger partial charge in [-0.25, -0.2) is 0 Å². The summed E-state index contributed by atoms with van der Waals surface area (Å²) in [5, 5.41) is 0. The van der Waals surface area contributed by atoms with Crippen molar-refractivity contribution in [1.82, 2.24) is 4.90 Å². The van der Waals surface area contributed by atoms with Crippen LogP contribution < -0.4 is 0 Å². The summed E-state index contributed by atoms with van der Waals surface area (Å²) in [5.41, 5.74) is 4.47. The van der Waals surface area contributed by atoms with Gasteiger partial charge in [-0.05, 0) is 48.1 Å². The Hall–Kier alpha value is -1.74. The maximum absolute atomic E-state index is 12.1. The van der Waals surface area contributed by atoms with Crippen molar-refractivity contribution in [2.24, 2.45) is 0 Å². The predicted molar refractivity (Wildman–Crippen MR) is 104 cm³/mol. The molecule has 2 aromatic rings. The van der Waals surface area contributed by atoms with E-state index in [1.54, 1.807) is 0 Å². The number of carbonyl (C=O) groups excluding carboxylic acids is 1. The zero-order chi connectivity index (χ0) is 17.4. The van der Waals surface area contributed by atoms with Gasteiger partial charge in [0.1, 0.15) is 0 Å². The van der Waals surface area contributed by atoms with Crippen LogP contribution in [0, 0.1) is 0 Å². The minimum atomic E-state index is 0.112. The minimum Gasteiger partial charge on any atom is -0.342 e. The lowest BCUT2D eigenvalue weighted by Crippen LogP contribution is -2.56. The van der Waals surface area contributed by atoms with E-state index in [1.807, 2.05) is 23.7 Å². The van der Waals surface area contributed by atoms with Crippen LogP contribution in [0.25, 0.3) is 0 Å². The van der Waals surface area contributed by atoms with E-state index in [9.17, 15) is 4.79 Å². The summed E-state index contributed by atoms with van der Waals surface area (Å²) in [4.78, 5) is 15.4. The third-order valence-corrected chi connectivity index (χ3v) is 7.16. The van der Waals surface area contributed by atoms with Crippen LogP contribution in [0.2, 0.25) is 0 Å². The molecule has 1 fully saturated rings. The largest absolute Gasteiger partial charge is 0.342 e. The molecule has 0 N–H and O–H groups in total. The van der Waals surface area contributed by atoms with E-state index >= 15 is 0 Å². The molecule has 0 radical (unpaired) electrons. The van der Waals surface area contributed by atoms with Gasteiger partial charge in [-0.15, -0.1) is 11.8 Å². The second kappa shape index (κ2) is 6.53. The van der Waals surface area contributed by atoms with Crippen molar-refractivity contribution in [3.05, 3.63) is 65.2 Å². The predicted octanol–water partition coefficient (Wildman–Crippen LogP) is 4.80. The van der Waals surface area contributed by atoms with Gasteiger partial charge in [0, 0.05) is 35.6 Å². The molecule has 1 amide bonds. The van der Waals surface area contributed by atoms with Crippen LogP contribution >= 0.6 is 11.8 Å². The zero-order valence-corrected chi connectivity index (χ0v) is 15.8. The first-order valence-corrected chi connectivity index (χ1v) is 10.1. The van der Waals surface area contributed by atoms with E-state index in [4.69, 9.17) is 0 Å². The Morgan fingerprint density at radius 1 is 1.16 bits per heavy atom. The maximum Gasteiger partial charge on any atom is 0.222 e. The van der Waals surface area contributed by atoms with E-state index in [0.29, 0.717) is 18.4 Å². The van der Waals surface area contributed by atoms with Gasteiger partial charge in [0.15, 0.2) is 0 Å². The fourth-order valence-corrected chi connectivity index (χ4v) is 5.48. The molecule has 1 heterocycles. The summed E-state index contributed by atoms with van der Waals surface area (Å²) in [6.07, 6.45) is 3.82. The number of thioether (sulfide) groups is 1. The summed E-state index contributed by atoms with van der Waals surface area (Å²) in [6, 6.07) is 18.0. The van der Waals surface area contributed by atoms with E-state index < -0.39 is 0 Å². The van der Waals surface area contributed by atoms with Gasteiger partial charge in [-0.3, -0.25) is 4.79 Å². The highest BCUT2D eigenvalue weighted by atomic mass is 32.2. The van der Waals surface area contributed by atoms with Crippen LogP contribution in [0.1, 0.15) is 42.9 Å². The lowest BCUT2D eigenvalue weighted by Gasteiger charge is -2.50. The molecule has 0 spiro atoms. The van der Waals surface area contributed by atoms with Gasteiger partial charge < -0.3 is 4.90 Å². The summed E-state index contributed by atoms with van der Waals surface area (Å²) < 4.78 is 0. The molecule has 1 saturated heterocycles. The summed E-state index contributed by atoms with van der Waals surface area (Å²) >= 11 is 1.89. The molecule has 1 aliphatic heterocycles. The van der Waals surface area contributed by atoms with Gasteiger partial charge in [-0.2, -0.15) is 0 Å². The first kappa shape index (κ1) is 16.7. The molecule has 2 atom stereocenters. The highest BCUT2D eigenvalue weighted by Crippen LogP contribution is 2.45. The van der Waals surface area contributed by atoms with Crippen LogP contribution in [-0.4, -0.2) is 23.9 Å². The van der Waals surface area contributed by atoms with E-state index in [-0.39, 0.29) is 5.41 Å². The Morgan fingerprint density at radius 3 is 2.76 bits per heavy atom. The van der Waals surface area contributed by atoms with Gasteiger partial charge in [0.05, 0.1) is 0 Å². The van der Waals surface area contributed by atoms with E-state index in [2.05, 4.69) is 55.5 Å². The number of likely N-dealkylation sites (N-methyl/N-ethyl adjacent to an activating group) is 1. The van der Waals surface area contributed by atoms with Gasteiger partial charge >= 0.3 is 0 Å². The minimum absolute atomic E-state index is 0.112. The molecule has 130 valence electrons. The van der Waals surface area contributed by atoms with Gasteiger partial charge in [0.25, 0.3) is 0 Å². The molecular formula is C22H25NOS. The van der Waals surface area contributed by atoms with Crippen LogP contribution in [0.4, 0.5) is 0 Å². The van der Waals surface area contributed by atoms with Crippen LogP contribution in [0.15, 0.2) is 53.4 Å². The van der Waals surface area contributed by atoms with Gasteiger partial charge in [0.2, 0.25) is 5.91 Å². The smallest absolute Gasteiger partial charge is 0.222 e. The number of hydrogen-bond donors (Lipinski definition) is 0. The lowest BCUT2D eigenvalue weighted by atomic mass is 9.63. The molecular weight excluding hydrogens is 326 g/mol. The number of benzene rings is 2. The molecule has 0 aromatic heterocycles. The van der Waals surface area contributed by atoms with Crippen molar-refractivity contribution in [1.29, 1.82) is 0 Å². The third-order valence-electron chi connectivity index (χ3n) is 6.08. The number of rotatable bonds is 3. The SMILES string of the molecule is CN1C(=O)CC[C@]2(C)c3ccc(CSc4ccccc4)cc3CCC12. The Balaban J connectivity index is 1.57. The molecule has 2 nitrogen and oxygen atoms in total. The molecule has 25 heavy (non-hydrogen) atoms. The zero-order valence-electron chi connectivity index (χ0n) is 15.0. The maximum atomic E-state index is 12.1. The highest BCUT2D eigenvalue weighted by Gasteiger charge is 2.46. The topological polar surface area (TPSA) is 20.3 Å². The number of likely N-dealkylation sites (tertiary alicyclic amines) is 1.